The van der Waals surface area contributed by atoms with Crippen LogP contribution in [0.3, 0.4) is 0 Å². The Balaban J connectivity index is 1.12. The van der Waals surface area contributed by atoms with Crippen molar-refractivity contribution in [2.45, 2.75) is 0 Å². The van der Waals surface area contributed by atoms with Gasteiger partial charge in [-0.05, 0) is 98.8 Å². The Bertz CT molecular complexity index is 2430. The summed E-state index contributed by atoms with van der Waals surface area (Å²) in [5, 5.41) is 4.67. The minimum atomic E-state index is 0.919. The molecule has 226 valence electrons. The molecule has 2 nitrogen and oxygen atoms in total. The van der Waals surface area contributed by atoms with Crippen LogP contribution in [0.25, 0.3) is 66.1 Å². The zero-order chi connectivity index (χ0) is 31.9. The number of nitrogens with zero attached hydrogens (tertiary/aromatic N) is 1. The number of para-hydroxylation sites is 1. The Labute approximate surface area is 279 Å². The quantitative estimate of drug-likeness (QED) is 0.185. The van der Waals surface area contributed by atoms with E-state index >= 15 is 0 Å². The third kappa shape index (κ3) is 5.01. The molecule has 0 N–H and O–H groups in total. The van der Waals surface area contributed by atoms with Crippen LogP contribution in [0.5, 0.6) is 0 Å². The minimum Gasteiger partial charge on any atom is -0.456 e. The summed E-state index contributed by atoms with van der Waals surface area (Å²) in [7, 11) is 0. The predicted molar refractivity (Wildman–Crippen MR) is 202 cm³/mol. The van der Waals surface area contributed by atoms with Gasteiger partial charge < -0.3 is 9.32 Å². The highest BCUT2D eigenvalue weighted by molar-refractivity contribution is 6.12. The van der Waals surface area contributed by atoms with Gasteiger partial charge in [0.2, 0.25) is 0 Å². The Kier molecular flexibility index (Phi) is 6.84. The molecule has 0 bridgehead atoms. The molecule has 9 rings (SSSR count). The van der Waals surface area contributed by atoms with Gasteiger partial charge in [0.15, 0.2) is 0 Å². The Morgan fingerprint density at radius 2 is 0.812 bits per heavy atom. The lowest BCUT2D eigenvalue weighted by Crippen LogP contribution is -2.09. The first-order valence-corrected chi connectivity index (χ1v) is 16.3. The number of rotatable bonds is 6. The van der Waals surface area contributed by atoms with Crippen molar-refractivity contribution in [1.82, 2.24) is 0 Å². The van der Waals surface area contributed by atoms with Crippen molar-refractivity contribution in [3.05, 3.63) is 188 Å². The molecule has 9 aromatic rings. The largest absolute Gasteiger partial charge is 0.456 e. The van der Waals surface area contributed by atoms with Gasteiger partial charge in [-0.2, -0.15) is 0 Å². The van der Waals surface area contributed by atoms with Gasteiger partial charge in [-0.1, -0.05) is 133 Å². The van der Waals surface area contributed by atoms with Crippen LogP contribution in [0.1, 0.15) is 0 Å². The normalized spacial score (nSPS) is 11.3. The molecule has 0 saturated heterocycles. The Hall–Kier alpha value is -6.38. The number of hydrogen-bond donors (Lipinski definition) is 0. The van der Waals surface area contributed by atoms with Gasteiger partial charge in [-0.25, -0.2) is 0 Å². The maximum Gasteiger partial charge on any atom is 0.136 e. The number of benzene rings is 8. The first-order valence-electron chi connectivity index (χ1n) is 16.3. The second-order valence-electron chi connectivity index (χ2n) is 12.2. The summed E-state index contributed by atoms with van der Waals surface area (Å²) in [5.74, 6) is 0. The zero-order valence-corrected chi connectivity index (χ0v) is 26.3. The molecular weight excluding hydrogens is 583 g/mol. The Morgan fingerprint density at radius 3 is 1.40 bits per heavy atom. The fourth-order valence-electron chi connectivity index (χ4n) is 6.85. The zero-order valence-electron chi connectivity index (χ0n) is 26.3. The van der Waals surface area contributed by atoms with E-state index in [1.807, 2.05) is 12.1 Å². The van der Waals surface area contributed by atoms with Crippen LogP contribution < -0.4 is 4.90 Å². The number of anilines is 3. The van der Waals surface area contributed by atoms with Crippen molar-refractivity contribution in [2.75, 3.05) is 4.90 Å². The smallest absolute Gasteiger partial charge is 0.136 e. The highest BCUT2D eigenvalue weighted by atomic mass is 16.3. The molecule has 0 unspecified atom stereocenters. The van der Waals surface area contributed by atoms with E-state index in [9.17, 15) is 0 Å². The molecule has 0 fully saturated rings. The summed E-state index contributed by atoms with van der Waals surface area (Å²) in [5.41, 5.74) is 12.4. The molecule has 0 saturated carbocycles. The van der Waals surface area contributed by atoms with Crippen LogP contribution >= 0.6 is 0 Å². The summed E-state index contributed by atoms with van der Waals surface area (Å²) in [6, 6.07) is 67.0. The first kappa shape index (κ1) is 27.9. The molecule has 0 atom stereocenters. The Morgan fingerprint density at radius 1 is 0.312 bits per heavy atom. The predicted octanol–water partition coefficient (Wildman–Crippen LogP) is 13.2. The first-order chi connectivity index (χ1) is 23.8. The van der Waals surface area contributed by atoms with E-state index in [1.54, 1.807) is 0 Å². The van der Waals surface area contributed by atoms with Gasteiger partial charge in [0.25, 0.3) is 0 Å². The van der Waals surface area contributed by atoms with Gasteiger partial charge in [-0.15, -0.1) is 0 Å². The second-order valence-corrected chi connectivity index (χ2v) is 12.2. The highest BCUT2D eigenvalue weighted by Gasteiger charge is 2.15. The van der Waals surface area contributed by atoms with E-state index in [2.05, 4.69) is 181 Å². The van der Waals surface area contributed by atoms with Crippen molar-refractivity contribution < 1.29 is 4.42 Å². The molecule has 1 aromatic heterocycles. The molecule has 0 spiro atoms. The highest BCUT2D eigenvalue weighted by Crippen LogP contribution is 2.40. The van der Waals surface area contributed by atoms with E-state index in [-0.39, 0.29) is 0 Å². The fraction of sp³-hybridized carbons (Fsp3) is 0. The molecule has 48 heavy (non-hydrogen) atoms. The van der Waals surface area contributed by atoms with Gasteiger partial charge >= 0.3 is 0 Å². The number of fused-ring (bicyclic) bond motifs is 4. The van der Waals surface area contributed by atoms with Gasteiger partial charge in [0, 0.05) is 27.8 Å². The van der Waals surface area contributed by atoms with Crippen molar-refractivity contribution in [1.29, 1.82) is 0 Å². The second kappa shape index (κ2) is 11.8. The van der Waals surface area contributed by atoms with Crippen LogP contribution in [0.2, 0.25) is 0 Å². The van der Waals surface area contributed by atoms with Crippen molar-refractivity contribution >= 4 is 49.8 Å². The maximum atomic E-state index is 6.19. The minimum absolute atomic E-state index is 0.919. The van der Waals surface area contributed by atoms with Crippen LogP contribution in [-0.4, -0.2) is 0 Å². The van der Waals surface area contributed by atoms with Crippen molar-refractivity contribution in [3.63, 3.8) is 0 Å². The molecule has 0 amide bonds. The lowest BCUT2D eigenvalue weighted by atomic mass is 9.96. The molecule has 0 aliphatic carbocycles. The van der Waals surface area contributed by atoms with E-state index in [4.69, 9.17) is 4.42 Å². The third-order valence-electron chi connectivity index (χ3n) is 9.28. The third-order valence-corrected chi connectivity index (χ3v) is 9.28. The van der Waals surface area contributed by atoms with Gasteiger partial charge in [0.1, 0.15) is 11.2 Å². The van der Waals surface area contributed by atoms with Crippen LogP contribution in [0.4, 0.5) is 17.1 Å². The average Bonchev–Trinajstić information content (AvgIpc) is 3.53. The summed E-state index contributed by atoms with van der Waals surface area (Å²) in [6.07, 6.45) is 0. The van der Waals surface area contributed by atoms with Crippen LogP contribution in [0, 0.1) is 0 Å². The molecule has 0 radical (unpaired) electrons. The molecule has 1 heterocycles. The molecule has 2 heteroatoms. The van der Waals surface area contributed by atoms with Gasteiger partial charge in [-0.3, -0.25) is 0 Å². The van der Waals surface area contributed by atoms with Crippen LogP contribution in [0.15, 0.2) is 192 Å². The van der Waals surface area contributed by atoms with Crippen molar-refractivity contribution in [3.8, 4) is 33.4 Å². The molecular formula is C46H31NO. The summed E-state index contributed by atoms with van der Waals surface area (Å²) in [4.78, 5) is 2.33. The molecule has 8 aromatic carbocycles. The number of furan rings is 1. The van der Waals surface area contributed by atoms with E-state index in [0.717, 1.165) is 39.0 Å². The van der Waals surface area contributed by atoms with E-state index < -0.39 is 0 Å². The maximum absolute atomic E-state index is 6.19. The SMILES string of the molecule is c1ccc(-c2ccc(N(c3ccc(-c4ccccc4)cc3)c3ccc(-c4cccc5cc6oc7ccccc7c6cc45)cc3)cc2)cc1. The van der Waals surface area contributed by atoms with Gasteiger partial charge in [0.05, 0.1) is 0 Å². The summed E-state index contributed by atoms with van der Waals surface area (Å²) < 4.78 is 6.19. The standard InChI is InChI=1S/C46H31NO/c1-3-10-32(11-4-1)34-18-24-38(25-19-34)47(39-26-20-35(21-27-39)33-12-5-2-6-13-33)40-28-22-36(23-29-40)41-16-9-14-37-30-46-44(31-43(37)41)42-15-7-8-17-45(42)48-46/h1-31H. The van der Waals surface area contributed by atoms with Crippen LogP contribution in [-0.2, 0) is 0 Å². The molecule has 0 aliphatic rings. The summed E-state index contributed by atoms with van der Waals surface area (Å²) >= 11 is 0. The topological polar surface area (TPSA) is 16.4 Å². The monoisotopic (exact) mass is 613 g/mol. The van der Waals surface area contributed by atoms with E-state index in [0.29, 0.717) is 0 Å². The van der Waals surface area contributed by atoms with Crippen molar-refractivity contribution in [2.24, 2.45) is 0 Å². The summed E-state index contributed by atoms with van der Waals surface area (Å²) in [6.45, 7) is 0. The van der Waals surface area contributed by atoms with E-state index in [1.165, 1.54) is 44.2 Å². The molecule has 0 aliphatic heterocycles. The fourth-order valence-corrected chi connectivity index (χ4v) is 6.85. The average molecular weight is 614 g/mol. The lowest BCUT2D eigenvalue weighted by molar-refractivity contribution is 0.669. The lowest BCUT2D eigenvalue weighted by Gasteiger charge is -2.26. The number of hydrogen-bond acceptors (Lipinski definition) is 2.